The Morgan fingerprint density at radius 2 is 2.30 bits per heavy atom. The zero-order valence-electron chi connectivity index (χ0n) is 15.0. The maximum absolute atomic E-state index is 12.6. The molecule has 27 heavy (non-hydrogen) atoms. The molecule has 0 radical (unpaired) electrons. The molecule has 0 aliphatic carbocycles. The lowest BCUT2D eigenvalue weighted by Crippen LogP contribution is -2.42. The van der Waals surface area contributed by atoms with Crippen molar-refractivity contribution in [2.75, 3.05) is 13.1 Å². The van der Waals surface area contributed by atoms with Gasteiger partial charge in [-0.2, -0.15) is 5.21 Å². The Bertz CT molecular complexity index is 862. The Morgan fingerprint density at radius 3 is 3.11 bits per heavy atom. The van der Waals surface area contributed by atoms with Gasteiger partial charge in [0.25, 0.3) is 0 Å². The monoisotopic (exact) mass is 366 g/mol. The molecule has 1 aromatic carbocycles. The number of piperidine rings is 1. The first kappa shape index (κ1) is 17.4. The van der Waals surface area contributed by atoms with Crippen LogP contribution in [0.25, 0.3) is 11.4 Å². The molecule has 1 aliphatic rings. The number of amides is 1. The van der Waals surface area contributed by atoms with E-state index in [9.17, 15) is 4.79 Å². The molecule has 0 spiro atoms. The standard InChI is InChI=1S/C19H22N6O2/c26-19(16-6-2-8-25(12-16)13-17-7-3-9-27-17)20-11-14-4-1-5-15(10-14)18-21-23-24-22-18/h1,3-5,7,9-10,16H,2,6,8,11-13H2,(H,20,26)(H,21,22,23,24)/t16-/m0/s1. The van der Waals surface area contributed by atoms with Crippen LogP contribution in [0.2, 0.25) is 0 Å². The molecule has 0 unspecified atom stereocenters. The number of hydrogen-bond donors (Lipinski definition) is 2. The first-order valence-electron chi connectivity index (χ1n) is 9.13. The van der Waals surface area contributed by atoms with E-state index in [1.807, 2.05) is 36.4 Å². The SMILES string of the molecule is O=C(NCc1cccc(-c2nn[nH]n2)c1)[C@H]1CCCN(Cc2ccco2)C1. The Labute approximate surface area is 156 Å². The number of nitrogens with one attached hydrogen (secondary N) is 2. The highest BCUT2D eigenvalue weighted by Gasteiger charge is 2.26. The minimum absolute atomic E-state index is 0.00843. The molecule has 0 saturated carbocycles. The summed E-state index contributed by atoms with van der Waals surface area (Å²) in [6.07, 6.45) is 3.63. The van der Waals surface area contributed by atoms with Gasteiger partial charge in [0.15, 0.2) is 0 Å². The van der Waals surface area contributed by atoms with Gasteiger partial charge in [0, 0.05) is 18.7 Å². The molecule has 1 fully saturated rings. The fourth-order valence-corrected chi connectivity index (χ4v) is 3.47. The topological polar surface area (TPSA) is 99.9 Å². The summed E-state index contributed by atoms with van der Waals surface area (Å²) in [4.78, 5) is 14.9. The molecule has 2 N–H and O–H groups in total. The average molecular weight is 366 g/mol. The van der Waals surface area contributed by atoms with Crippen LogP contribution in [0.1, 0.15) is 24.2 Å². The number of furan rings is 1. The van der Waals surface area contributed by atoms with E-state index in [4.69, 9.17) is 4.42 Å². The van der Waals surface area contributed by atoms with Gasteiger partial charge in [-0.25, -0.2) is 0 Å². The molecule has 1 saturated heterocycles. The van der Waals surface area contributed by atoms with E-state index in [1.165, 1.54) is 0 Å². The van der Waals surface area contributed by atoms with E-state index >= 15 is 0 Å². The highest BCUT2D eigenvalue weighted by atomic mass is 16.3. The quantitative estimate of drug-likeness (QED) is 0.692. The van der Waals surface area contributed by atoms with Gasteiger partial charge < -0.3 is 9.73 Å². The predicted molar refractivity (Wildman–Crippen MR) is 98.2 cm³/mol. The van der Waals surface area contributed by atoms with Crippen molar-refractivity contribution < 1.29 is 9.21 Å². The van der Waals surface area contributed by atoms with Crippen molar-refractivity contribution in [1.29, 1.82) is 0 Å². The highest BCUT2D eigenvalue weighted by molar-refractivity contribution is 5.79. The normalized spacial score (nSPS) is 17.7. The van der Waals surface area contributed by atoms with Gasteiger partial charge in [-0.15, -0.1) is 10.2 Å². The van der Waals surface area contributed by atoms with Crippen LogP contribution in [0, 0.1) is 5.92 Å². The molecule has 3 heterocycles. The average Bonchev–Trinajstić information content (AvgIpc) is 3.41. The highest BCUT2D eigenvalue weighted by Crippen LogP contribution is 2.20. The van der Waals surface area contributed by atoms with Gasteiger partial charge in [-0.3, -0.25) is 9.69 Å². The maximum atomic E-state index is 12.6. The zero-order chi connectivity index (χ0) is 18.5. The number of benzene rings is 1. The Kier molecular flexibility index (Phi) is 5.24. The second kappa shape index (κ2) is 8.13. The molecule has 1 atom stereocenters. The van der Waals surface area contributed by atoms with Crippen LogP contribution in [0.15, 0.2) is 47.1 Å². The number of carbonyl (C=O) groups excluding carboxylic acids is 1. The van der Waals surface area contributed by atoms with Crippen molar-refractivity contribution in [3.63, 3.8) is 0 Å². The summed E-state index contributed by atoms with van der Waals surface area (Å²) in [6, 6.07) is 11.7. The Morgan fingerprint density at radius 1 is 1.33 bits per heavy atom. The van der Waals surface area contributed by atoms with Crippen molar-refractivity contribution in [2.45, 2.75) is 25.9 Å². The summed E-state index contributed by atoms with van der Waals surface area (Å²) in [5.41, 5.74) is 1.88. The predicted octanol–water partition coefficient (Wildman–Crippen LogP) is 1.99. The van der Waals surface area contributed by atoms with E-state index in [1.54, 1.807) is 6.26 Å². The number of nitrogens with zero attached hydrogens (tertiary/aromatic N) is 4. The molecule has 8 nitrogen and oxygen atoms in total. The summed E-state index contributed by atoms with van der Waals surface area (Å²) in [7, 11) is 0. The third kappa shape index (κ3) is 4.40. The second-order valence-electron chi connectivity index (χ2n) is 6.81. The largest absolute Gasteiger partial charge is 0.468 e. The van der Waals surface area contributed by atoms with E-state index in [-0.39, 0.29) is 11.8 Å². The molecular formula is C19H22N6O2. The van der Waals surface area contributed by atoms with Gasteiger partial charge in [0.05, 0.1) is 18.7 Å². The van der Waals surface area contributed by atoms with Crippen molar-refractivity contribution in [3.05, 3.63) is 54.0 Å². The summed E-state index contributed by atoms with van der Waals surface area (Å²) < 4.78 is 5.42. The maximum Gasteiger partial charge on any atom is 0.224 e. The smallest absolute Gasteiger partial charge is 0.224 e. The van der Waals surface area contributed by atoms with Gasteiger partial charge in [-0.05, 0) is 48.4 Å². The fraction of sp³-hybridized carbons (Fsp3) is 0.368. The van der Waals surface area contributed by atoms with Crippen molar-refractivity contribution in [1.82, 2.24) is 30.8 Å². The number of hydrogen-bond acceptors (Lipinski definition) is 6. The molecule has 8 heteroatoms. The summed E-state index contributed by atoms with van der Waals surface area (Å²) in [5, 5.41) is 17.1. The van der Waals surface area contributed by atoms with Crippen LogP contribution in [0.4, 0.5) is 0 Å². The zero-order valence-corrected chi connectivity index (χ0v) is 15.0. The number of aromatic nitrogens is 4. The van der Waals surface area contributed by atoms with Crippen molar-refractivity contribution >= 4 is 5.91 Å². The number of carbonyl (C=O) groups is 1. The molecular weight excluding hydrogens is 344 g/mol. The van der Waals surface area contributed by atoms with Crippen LogP contribution in [0.5, 0.6) is 0 Å². The summed E-state index contributed by atoms with van der Waals surface area (Å²) in [6.45, 7) is 3.00. The lowest BCUT2D eigenvalue weighted by Gasteiger charge is -2.31. The first-order chi connectivity index (χ1) is 13.3. The van der Waals surface area contributed by atoms with Gasteiger partial charge in [0.2, 0.25) is 11.7 Å². The van der Waals surface area contributed by atoms with Gasteiger partial charge in [-0.1, -0.05) is 18.2 Å². The van der Waals surface area contributed by atoms with E-state index in [2.05, 4.69) is 30.8 Å². The van der Waals surface area contributed by atoms with Crippen LogP contribution < -0.4 is 5.32 Å². The van der Waals surface area contributed by atoms with E-state index in [0.29, 0.717) is 12.4 Å². The molecule has 3 aromatic rings. The Balaban J connectivity index is 1.32. The first-order valence-corrected chi connectivity index (χ1v) is 9.13. The molecule has 0 bridgehead atoms. The van der Waals surface area contributed by atoms with E-state index in [0.717, 1.165) is 49.4 Å². The van der Waals surface area contributed by atoms with Crippen LogP contribution in [-0.4, -0.2) is 44.5 Å². The van der Waals surface area contributed by atoms with Gasteiger partial charge in [0.1, 0.15) is 5.76 Å². The number of H-pyrrole nitrogens is 1. The van der Waals surface area contributed by atoms with E-state index < -0.39 is 0 Å². The second-order valence-corrected chi connectivity index (χ2v) is 6.81. The number of likely N-dealkylation sites (tertiary alicyclic amines) is 1. The van der Waals surface area contributed by atoms with Crippen molar-refractivity contribution in [2.24, 2.45) is 5.92 Å². The van der Waals surface area contributed by atoms with Crippen LogP contribution >= 0.6 is 0 Å². The van der Waals surface area contributed by atoms with Crippen LogP contribution in [-0.2, 0) is 17.9 Å². The number of aromatic amines is 1. The summed E-state index contributed by atoms with van der Waals surface area (Å²) in [5.74, 6) is 1.59. The molecule has 1 amide bonds. The molecule has 140 valence electrons. The minimum atomic E-state index is 0.00843. The lowest BCUT2D eigenvalue weighted by atomic mass is 9.97. The molecule has 4 rings (SSSR count). The fourth-order valence-electron chi connectivity index (χ4n) is 3.47. The summed E-state index contributed by atoms with van der Waals surface area (Å²) >= 11 is 0. The van der Waals surface area contributed by atoms with Crippen LogP contribution in [0.3, 0.4) is 0 Å². The third-order valence-electron chi connectivity index (χ3n) is 4.83. The van der Waals surface area contributed by atoms with Crippen molar-refractivity contribution in [3.8, 4) is 11.4 Å². The minimum Gasteiger partial charge on any atom is -0.468 e. The third-order valence-corrected chi connectivity index (χ3v) is 4.83. The Hall–Kier alpha value is -3.00. The molecule has 2 aromatic heterocycles. The number of rotatable bonds is 6. The van der Waals surface area contributed by atoms with Gasteiger partial charge >= 0.3 is 0 Å². The lowest BCUT2D eigenvalue weighted by molar-refractivity contribution is -0.127. The number of tetrazole rings is 1. The molecule has 1 aliphatic heterocycles.